The number of aromatic nitrogens is 1. The summed E-state index contributed by atoms with van der Waals surface area (Å²) in [6, 6.07) is 16.7. The maximum atomic E-state index is 12.5. The fourth-order valence-corrected chi connectivity index (χ4v) is 2.56. The van der Waals surface area contributed by atoms with Crippen LogP contribution in [0.5, 0.6) is 0 Å². The highest BCUT2D eigenvalue weighted by Gasteiger charge is 2.10. The summed E-state index contributed by atoms with van der Waals surface area (Å²) in [5.74, 6) is -0.222. The Kier molecular flexibility index (Phi) is 5.27. The number of para-hydroxylation sites is 1. The highest BCUT2D eigenvalue weighted by atomic mass is 16.2. The van der Waals surface area contributed by atoms with E-state index in [4.69, 9.17) is 0 Å². The molecule has 0 fully saturated rings. The fourth-order valence-electron chi connectivity index (χ4n) is 2.56. The summed E-state index contributed by atoms with van der Waals surface area (Å²) in [6.07, 6.45) is 1.64. The summed E-state index contributed by atoms with van der Waals surface area (Å²) in [6.45, 7) is 4.11. The molecule has 0 spiro atoms. The molecular formula is C21H21N3O2. The van der Waals surface area contributed by atoms with Gasteiger partial charge >= 0.3 is 0 Å². The molecule has 1 aromatic heterocycles. The smallest absolute Gasteiger partial charge is 0.252 e. The Bertz CT molecular complexity index is 928. The lowest BCUT2D eigenvalue weighted by atomic mass is 10.1. The Morgan fingerprint density at radius 1 is 1.00 bits per heavy atom. The Labute approximate surface area is 152 Å². The summed E-state index contributed by atoms with van der Waals surface area (Å²) in [5, 5.41) is 6.61. The summed E-state index contributed by atoms with van der Waals surface area (Å²) >= 11 is 0. The normalized spacial score (nSPS) is 10.7. The zero-order chi connectivity index (χ0) is 18.5. The topological polar surface area (TPSA) is 71.1 Å². The van der Waals surface area contributed by atoms with Gasteiger partial charge in [-0.2, -0.15) is 0 Å². The molecule has 0 aliphatic rings. The number of benzene rings is 2. The van der Waals surface area contributed by atoms with Crippen molar-refractivity contribution in [2.45, 2.75) is 20.4 Å². The average Bonchev–Trinajstić information content (AvgIpc) is 2.66. The quantitative estimate of drug-likeness (QED) is 0.738. The van der Waals surface area contributed by atoms with Gasteiger partial charge in [0.1, 0.15) is 0 Å². The van der Waals surface area contributed by atoms with E-state index in [1.54, 1.807) is 12.3 Å². The number of fused-ring (bicyclic) bond motifs is 1. The standard InChI is InChI=1S/C21H21N3O2/c1-14(2)20(25)24-16-9-7-15(8-10-16)13-23-21(26)18-11-12-22-19-6-4-3-5-17(18)19/h3-12,14H,13H2,1-2H3,(H,23,26)(H,24,25). The van der Waals surface area contributed by atoms with Gasteiger partial charge in [0.2, 0.25) is 5.91 Å². The molecule has 1 heterocycles. The maximum absolute atomic E-state index is 12.5. The number of pyridine rings is 1. The molecule has 132 valence electrons. The molecule has 0 saturated carbocycles. The minimum atomic E-state index is -0.138. The van der Waals surface area contributed by atoms with Crippen LogP contribution in [0.3, 0.4) is 0 Å². The van der Waals surface area contributed by atoms with Crippen LogP contribution in [-0.2, 0) is 11.3 Å². The lowest BCUT2D eigenvalue weighted by molar-refractivity contribution is -0.118. The highest BCUT2D eigenvalue weighted by Crippen LogP contribution is 2.16. The SMILES string of the molecule is CC(C)C(=O)Nc1ccc(CNC(=O)c2ccnc3ccccc23)cc1. The lowest BCUT2D eigenvalue weighted by Crippen LogP contribution is -2.23. The van der Waals surface area contributed by atoms with Crippen molar-refractivity contribution in [2.75, 3.05) is 5.32 Å². The Morgan fingerprint density at radius 2 is 1.73 bits per heavy atom. The van der Waals surface area contributed by atoms with E-state index in [-0.39, 0.29) is 17.7 Å². The number of carbonyl (C=O) groups is 2. The summed E-state index contributed by atoms with van der Waals surface area (Å²) in [4.78, 5) is 28.5. The average molecular weight is 347 g/mol. The number of nitrogens with one attached hydrogen (secondary N) is 2. The van der Waals surface area contributed by atoms with Gasteiger partial charge in [-0.25, -0.2) is 0 Å². The molecule has 3 aromatic rings. The monoisotopic (exact) mass is 347 g/mol. The highest BCUT2D eigenvalue weighted by molar-refractivity contribution is 6.05. The second kappa shape index (κ2) is 7.78. The third kappa shape index (κ3) is 4.06. The Balaban J connectivity index is 1.65. The third-order valence-electron chi connectivity index (χ3n) is 4.09. The fraction of sp³-hybridized carbons (Fsp3) is 0.190. The van der Waals surface area contributed by atoms with Gasteiger partial charge in [-0.05, 0) is 29.8 Å². The summed E-state index contributed by atoms with van der Waals surface area (Å²) < 4.78 is 0. The molecule has 0 aliphatic carbocycles. The lowest BCUT2D eigenvalue weighted by Gasteiger charge is -2.10. The van der Waals surface area contributed by atoms with Crippen molar-refractivity contribution in [3.63, 3.8) is 0 Å². The molecule has 0 radical (unpaired) electrons. The molecule has 2 N–H and O–H groups in total. The summed E-state index contributed by atoms with van der Waals surface area (Å²) in [7, 11) is 0. The molecule has 2 aromatic carbocycles. The van der Waals surface area contributed by atoms with Crippen molar-refractivity contribution in [3.05, 3.63) is 71.9 Å². The Morgan fingerprint density at radius 3 is 2.46 bits per heavy atom. The first-order valence-corrected chi connectivity index (χ1v) is 8.56. The maximum Gasteiger partial charge on any atom is 0.252 e. The molecule has 5 nitrogen and oxygen atoms in total. The minimum absolute atomic E-state index is 0.0179. The van der Waals surface area contributed by atoms with Gasteiger partial charge in [-0.1, -0.05) is 44.2 Å². The molecule has 3 rings (SSSR count). The van der Waals surface area contributed by atoms with Crippen LogP contribution < -0.4 is 10.6 Å². The first-order chi connectivity index (χ1) is 12.5. The molecule has 0 aliphatic heterocycles. The van der Waals surface area contributed by atoms with Crippen LogP contribution in [0.1, 0.15) is 29.8 Å². The second-order valence-corrected chi connectivity index (χ2v) is 6.40. The van der Waals surface area contributed by atoms with Crippen LogP contribution in [0.2, 0.25) is 0 Å². The van der Waals surface area contributed by atoms with E-state index in [2.05, 4.69) is 15.6 Å². The predicted octanol–water partition coefficient (Wildman–Crippen LogP) is 3.76. The van der Waals surface area contributed by atoms with Crippen molar-refractivity contribution >= 4 is 28.4 Å². The number of anilines is 1. The number of nitrogens with zero attached hydrogens (tertiary/aromatic N) is 1. The zero-order valence-electron chi connectivity index (χ0n) is 14.8. The molecule has 0 atom stereocenters. The number of hydrogen-bond acceptors (Lipinski definition) is 3. The number of hydrogen-bond donors (Lipinski definition) is 2. The van der Waals surface area contributed by atoms with E-state index in [0.717, 1.165) is 22.2 Å². The van der Waals surface area contributed by atoms with Gasteiger partial charge < -0.3 is 10.6 Å². The van der Waals surface area contributed by atoms with Crippen LogP contribution in [0.15, 0.2) is 60.8 Å². The molecule has 2 amide bonds. The van der Waals surface area contributed by atoms with E-state index < -0.39 is 0 Å². The molecule has 0 unspecified atom stereocenters. The summed E-state index contributed by atoms with van der Waals surface area (Å²) in [5.41, 5.74) is 3.11. The van der Waals surface area contributed by atoms with Crippen LogP contribution in [0, 0.1) is 5.92 Å². The minimum Gasteiger partial charge on any atom is -0.348 e. The zero-order valence-corrected chi connectivity index (χ0v) is 14.8. The first kappa shape index (κ1) is 17.6. The van der Waals surface area contributed by atoms with Crippen LogP contribution >= 0.6 is 0 Å². The van der Waals surface area contributed by atoms with E-state index in [0.29, 0.717) is 12.1 Å². The van der Waals surface area contributed by atoms with Gasteiger partial charge in [0.05, 0.1) is 11.1 Å². The van der Waals surface area contributed by atoms with Gasteiger partial charge in [-0.15, -0.1) is 0 Å². The molecule has 0 bridgehead atoms. The second-order valence-electron chi connectivity index (χ2n) is 6.40. The van der Waals surface area contributed by atoms with Gasteiger partial charge in [0.15, 0.2) is 0 Å². The van der Waals surface area contributed by atoms with E-state index in [1.165, 1.54) is 0 Å². The number of rotatable bonds is 5. The van der Waals surface area contributed by atoms with Crippen molar-refractivity contribution in [3.8, 4) is 0 Å². The van der Waals surface area contributed by atoms with E-state index in [9.17, 15) is 9.59 Å². The van der Waals surface area contributed by atoms with E-state index in [1.807, 2.05) is 62.4 Å². The molecule has 0 saturated heterocycles. The molecule has 26 heavy (non-hydrogen) atoms. The third-order valence-corrected chi connectivity index (χ3v) is 4.09. The van der Waals surface area contributed by atoms with E-state index >= 15 is 0 Å². The van der Waals surface area contributed by atoms with Crippen molar-refractivity contribution < 1.29 is 9.59 Å². The molecule has 5 heteroatoms. The van der Waals surface area contributed by atoms with Gasteiger partial charge in [0, 0.05) is 29.7 Å². The van der Waals surface area contributed by atoms with Crippen LogP contribution in [-0.4, -0.2) is 16.8 Å². The van der Waals surface area contributed by atoms with Crippen LogP contribution in [0.25, 0.3) is 10.9 Å². The van der Waals surface area contributed by atoms with Crippen molar-refractivity contribution in [1.82, 2.24) is 10.3 Å². The molecular weight excluding hydrogens is 326 g/mol. The predicted molar refractivity (Wildman–Crippen MR) is 103 cm³/mol. The van der Waals surface area contributed by atoms with Gasteiger partial charge in [0.25, 0.3) is 5.91 Å². The first-order valence-electron chi connectivity index (χ1n) is 8.56. The van der Waals surface area contributed by atoms with Crippen molar-refractivity contribution in [2.24, 2.45) is 5.92 Å². The number of carbonyl (C=O) groups excluding carboxylic acids is 2. The largest absolute Gasteiger partial charge is 0.348 e. The Hall–Kier alpha value is -3.21. The van der Waals surface area contributed by atoms with Gasteiger partial charge in [-0.3, -0.25) is 14.6 Å². The number of amides is 2. The van der Waals surface area contributed by atoms with Crippen molar-refractivity contribution in [1.29, 1.82) is 0 Å². The van der Waals surface area contributed by atoms with Crippen LogP contribution in [0.4, 0.5) is 5.69 Å².